The molecule has 0 aliphatic rings. The molecule has 2 nitrogen and oxygen atoms in total. The van der Waals surface area contributed by atoms with Crippen LogP contribution < -0.4 is 0 Å². The van der Waals surface area contributed by atoms with Crippen molar-refractivity contribution in [2.75, 3.05) is 0 Å². The van der Waals surface area contributed by atoms with Crippen LogP contribution in [0.1, 0.15) is 17.9 Å². The van der Waals surface area contributed by atoms with E-state index in [-0.39, 0.29) is 28.6 Å². The van der Waals surface area contributed by atoms with Crippen molar-refractivity contribution in [1.82, 2.24) is 9.97 Å². The molecule has 3 aromatic carbocycles. The van der Waals surface area contributed by atoms with Crippen LogP contribution in [-0.4, -0.2) is 24.5 Å². The van der Waals surface area contributed by atoms with E-state index in [4.69, 9.17) is 12.3 Å². The van der Waals surface area contributed by atoms with Crippen molar-refractivity contribution in [3.05, 3.63) is 72.3 Å². The summed E-state index contributed by atoms with van der Waals surface area (Å²) in [6.07, 6.45) is -5.84. The van der Waals surface area contributed by atoms with Gasteiger partial charge in [0.2, 0.25) is 0 Å². The van der Waals surface area contributed by atoms with Gasteiger partial charge in [0.25, 0.3) is 0 Å². The first-order chi connectivity index (χ1) is 16.7. The van der Waals surface area contributed by atoms with Crippen molar-refractivity contribution in [2.24, 2.45) is 0 Å². The number of aromatic nitrogens is 2. The predicted octanol–water partition coefficient (Wildman–Crippen LogP) is 5.68. The van der Waals surface area contributed by atoms with Gasteiger partial charge in [0, 0.05) is 0 Å². The molecule has 0 aliphatic carbocycles. The van der Waals surface area contributed by atoms with Crippen LogP contribution in [-0.2, 0) is 6.18 Å². The van der Waals surface area contributed by atoms with Crippen molar-refractivity contribution in [3.8, 4) is 10.1 Å². The molecule has 132 valence electrons. The summed E-state index contributed by atoms with van der Waals surface area (Å²) >= 11 is -0.803. The van der Waals surface area contributed by atoms with Crippen molar-refractivity contribution in [1.29, 1.82) is 0 Å². The molecule has 0 spiro atoms. The van der Waals surface area contributed by atoms with Gasteiger partial charge in [0.1, 0.15) is 0 Å². The Labute approximate surface area is 170 Å². The Bertz CT molecular complexity index is 1740. The van der Waals surface area contributed by atoms with E-state index in [0.29, 0.717) is 8.70 Å². The summed E-state index contributed by atoms with van der Waals surface area (Å²) in [5.74, 6) is 0. The van der Waals surface area contributed by atoms with Gasteiger partial charge < -0.3 is 0 Å². The van der Waals surface area contributed by atoms with Gasteiger partial charge in [0.05, 0.1) is 0 Å². The fourth-order valence-electron chi connectivity index (χ4n) is 2.92. The van der Waals surface area contributed by atoms with Crippen LogP contribution in [0, 0.1) is 0 Å². The topological polar surface area (TPSA) is 25.8 Å². The Hall–Kier alpha value is -2.69. The van der Waals surface area contributed by atoms with E-state index in [1.165, 1.54) is 6.07 Å². The summed E-state index contributed by atoms with van der Waals surface area (Å²) in [7, 11) is 0. The molecule has 27 heavy (non-hydrogen) atoms. The van der Waals surface area contributed by atoms with Crippen molar-refractivity contribution >= 4 is 45.8 Å². The van der Waals surface area contributed by atoms with Crippen LogP contribution >= 0.6 is 0 Å². The average Bonchev–Trinajstić information content (AvgIpc) is 3.26. The van der Waals surface area contributed by atoms with Gasteiger partial charge in [-0.2, -0.15) is 0 Å². The van der Waals surface area contributed by atoms with Crippen LogP contribution in [0.3, 0.4) is 0 Å². The van der Waals surface area contributed by atoms with Crippen molar-refractivity contribution in [3.63, 3.8) is 0 Å². The molecule has 0 N–H and O–H groups in total. The molecule has 5 rings (SSSR count). The molecular weight excluding hydrogens is 416 g/mol. The summed E-state index contributed by atoms with van der Waals surface area (Å²) in [4.78, 5) is 7.71. The minimum absolute atomic E-state index is 0.0992. The molecule has 0 saturated carbocycles. The number of nitrogens with zero attached hydrogens (tertiary/aromatic N) is 2. The van der Waals surface area contributed by atoms with Crippen LogP contribution in [0.5, 0.6) is 0 Å². The number of alkyl halides is 3. The molecule has 0 atom stereocenters. The number of halogens is 3. The molecule has 0 unspecified atom stereocenters. The van der Waals surface area contributed by atoms with Gasteiger partial charge in [-0.15, -0.1) is 0 Å². The summed E-state index contributed by atoms with van der Waals surface area (Å²) in [6.45, 7) is 0. The summed E-state index contributed by atoms with van der Waals surface area (Å²) < 4.78 is 116. The summed E-state index contributed by atoms with van der Waals surface area (Å²) in [5, 5.41) is -1.17. The summed E-state index contributed by atoms with van der Waals surface area (Å²) in [6, 6.07) is -2.01. The van der Waals surface area contributed by atoms with E-state index in [9.17, 15) is 13.2 Å². The van der Waals surface area contributed by atoms with E-state index in [0.717, 1.165) is 6.07 Å². The molecule has 0 saturated heterocycles. The van der Waals surface area contributed by atoms with Crippen molar-refractivity contribution < 1.29 is 25.5 Å². The zero-order chi connectivity index (χ0) is 26.4. The Morgan fingerprint density at radius 1 is 0.852 bits per heavy atom. The molecule has 0 radical (unpaired) electrons. The Morgan fingerprint density at radius 3 is 2.41 bits per heavy atom. The fraction of sp³-hybridized carbons (Fsp3) is 0.0476. The standard InChI is InChI=1S/C21H11F3N2Se/c22-21(23,24)18-14-7-3-1-5-12(14)9-15-19(25-11-26-20(15)18)17-10-13-6-2-4-8-16(13)27-17/h1-11H/i1D,2D,3D,4D,5D,6D,7D,8D,11D. The Morgan fingerprint density at radius 2 is 1.59 bits per heavy atom. The van der Waals surface area contributed by atoms with Crippen LogP contribution in [0.4, 0.5) is 13.2 Å². The SMILES string of the molecule is [2H]c1nc(-c2cc3c([2H])c([2H])c([2H])c([2H])c3[se]2)c2cc3c([2H])c([2H])c([2H])c([2H])c3c(C(F)(F)F)c2n1. The maximum atomic E-state index is 14.4. The van der Waals surface area contributed by atoms with Gasteiger partial charge in [-0.3, -0.25) is 0 Å². The van der Waals surface area contributed by atoms with E-state index in [1.807, 2.05) is 0 Å². The average molecular weight is 436 g/mol. The molecule has 5 aromatic rings. The number of hydrogen-bond donors (Lipinski definition) is 0. The number of benzene rings is 3. The fourth-order valence-corrected chi connectivity index (χ4v) is 4.96. The molecule has 2 heterocycles. The van der Waals surface area contributed by atoms with Gasteiger partial charge in [-0.1, -0.05) is 0 Å². The van der Waals surface area contributed by atoms with Gasteiger partial charge >= 0.3 is 170 Å². The molecule has 6 heteroatoms. The van der Waals surface area contributed by atoms with Crippen LogP contribution in [0.15, 0.2) is 66.8 Å². The third-order valence-electron chi connectivity index (χ3n) is 4.01. The van der Waals surface area contributed by atoms with E-state index < -0.39 is 85.1 Å². The predicted molar refractivity (Wildman–Crippen MR) is 102 cm³/mol. The first kappa shape index (κ1) is 9.49. The summed E-state index contributed by atoms with van der Waals surface area (Å²) in [5.41, 5.74) is -2.22. The zero-order valence-corrected chi connectivity index (χ0v) is 14.8. The zero-order valence-electron chi connectivity index (χ0n) is 22.1. The van der Waals surface area contributed by atoms with Crippen LogP contribution in [0.25, 0.3) is 41.5 Å². The molecule has 2 aromatic heterocycles. The van der Waals surface area contributed by atoms with E-state index >= 15 is 0 Å². The molecular formula is C21H11F3N2Se. The molecule has 0 aliphatic heterocycles. The third kappa shape index (κ3) is 2.64. The normalized spacial score (nSPS) is 16.9. The van der Waals surface area contributed by atoms with Crippen molar-refractivity contribution in [2.45, 2.75) is 6.18 Å². The van der Waals surface area contributed by atoms with E-state index in [2.05, 4.69) is 9.97 Å². The minimum atomic E-state index is -5.09. The second-order valence-corrected chi connectivity index (χ2v) is 7.80. The van der Waals surface area contributed by atoms with Gasteiger partial charge in [-0.25, -0.2) is 0 Å². The maximum absolute atomic E-state index is 14.4. The van der Waals surface area contributed by atoms with E-state index in [1.54, 1.807) is 0 Å². The Kier molecular flexibility index (Phi) is 2.08. The van der Waals surface area contributed by atoms with Crippen LogP contribution in [0.2, 0.25) is 0 Å². The first-order valence-corrected chi connectivity index (χ1v) is 9.24. The third-order valence-corrected chi connectivity index (χ3v) is 6.23. The van der Waals surface area contributed by atoms with Gasteiger partial charge in [-0.05, 0) is 0 Å². The van der Waals surface area contributed by atoms with Gasteiger partial charge in [0.15, 0.2) is 0 Å². The Balaban J connectivity index is 2.01. The molecule has 0 fully saturated rings. The number of fused-ring (bicyclic) bond motifs is 3. The second kappa shape index (κ2) is 5.91. The number of rotatable bonds is 1. The number of hydrogen-bond acceptors (Lipinski definition) is 2. The first-order valence-electron chi connectivity index (χ1n) is 12.0. The quantitative estimate of drug-likeness (QED) is 0.250. The monoisotopic (exact) mass is 437 g/mol. The second-order valence-electron chi connectivity index (χ2n) is 5.59. The molecule has 0 amide bonds. The molecule has 0 bridgehead atoms.